The molecule has 1 aromatic rings. The van der Waals surface area contributed by atoms with Crippen molar-refractivity contribution >= 4 is 21.6 Å². The smallest absolute Gasteiger partial charge is 0.224 e. The van der Waals surface area contributed by atoms with Gasteiger partial charge in [-0.15, -0.1) is 0 Å². The van der Waals surface area contributed by atoms with Crippen molar-refractivity contribution in [2.45, 2.75) is 38.5 Å². The summed E-state index contributed by atoms with van der Waals surface area (Å²) >= 11 is 0. The van der Waals surface area contributed by atoms with Crippen molar-refractivity contribution in [3.8, 4) is 11.5 Å². The maximum absolute atomic E-state index is 12.3. The number of nitrogens with one attached hydrogen (secondary N) is 1. The SMILES string of the molecule is COc1ccc(NC(=O)CCCCS(=O)(=O)N2CCCCC2)c(OC)c1. The molecule has 1 aliphatic heterocycles. The molecule has 7 nitrogen and oxygen atoms in total. The zero-order valence-electron chi connectivity index (χ0n) is 15.5. The van der Waals surface area contributed by atoms with Gasteiger partial charge in [-0.3, -0.25) is 4.79 Å². The maximum Gasteiger partial charge on any atom is 0.224 e. The molecular formula is C18H28N2O5S. The van der Waals surface area contributed by atoms with Gasteiger partial charge >= 0.3 is 0 Å². The molecule has 1 fully saturated rings. The van der Waals surface area contributed by atoms with Gasteiger partial charge in [-0.25, -0.2) is 12.7 Å². The molecule has 0 atom stereocenters. The van der Waals surface area contributed by atoms with Gasteiger partial charge in [0.05, 0.1) is 25.7 Å². The van der Waals surface area contributed by atoms with E-state index in [9.17, 15) is 13.2 Å². The highest BCUT2D eigenvalue weighted by atomic mass is 32.2. The molecule has 1 amide bonds. The Balaban J connectivity index is 1.77. The topological polar surface area (TPSA) is 84.9 Å². The Labute approximate surface area is 155 Å². The van der Waals surface area contributed by atoms with Crippen LogP contribution in [0.4, 0.5) is 5.69 Å². The van der Waals surface area contributed by atoms with Gasteiger partial charge in [0.2, 0.25) is 15.9 Å². The number of nitrogens with zero attached hydrogens (tertiary/aromatic N) is 1. The van der Waals surface area contributed by atoms with E-state index in [2.05, 4.69) is 5.32 Å². The van der Waals surface area contributed by atoms with Gasteiger partial charge in [0.25, 0.3) is 0 Å². The van der Waals surface area contributed by atoms with Gasteiger partial charge in [0.15, 0.2) is 0 Å². The lowest BCUT2D eigenvalue weighted by molar-refractivity contribution is -0.116. The molecule has 8 heteroatoms. The van der Waals surface area contributed by atoms with Crippen LogP contribution in [0.15, 0.2) is 18.2 Å². The highest BCUT2D eigenvalue weighted by Gasteiger charge is 2.23. The van der Waals surface area contributed by atoms with E-state index in [1.807, 2.05) is 0 Å². The normalized spacial score (nSPS) is 15.5. The van der Waals surface area contributed by atoms with Crippen molar-refractivity contribution in [3.63, 3.8) is 0 Å². The van der Waals surface area contributed by atoms with E-state index in [1.54, 1.807) is 29.6 Å². The van der Waals surface area contributed by atoms with Crippen LogP contribution >= 0.6 is 0 Å². The van der Waals surface area contributed by atoms with Crippen LogP contribution in [0.3, 0.4) is 0 Å². The number of hydrogen-bond acceptors (Lipinski definition) is 5. The second-order valence-electron chi connectivity index (χ2n) is 6.35. The predicted molar refractivity (Wildman–Crippen MR) is 101 cm³/mol. The Hall–Kier alpha value is -1.80. The van der Waals surface area contributed by atoms with Crippen molar-refractivity contribution in [1.29, 1.82) is 0 Å². The molecule has 0 radical (unpaired) electrons. The van der Waals surface area contributed by atoms with Crippen molar-refractivity contribution in [2.24, 2.45) is 0 Å². The first kappa shape index (κ1) is 20.5. The largest absolute Gasteiger partial charge is 0.497 e. The molecule has 146 valence electrons. The Morgan fingerprint density at radius 3 is 2.50 bits per heavy atom. The third-order valence-corrected chi connectivity index (χ3v) is 6.40. The lowest BCUT2D eigenvalue weighted by Gasteiger charge is -2.25. The van der Waals surface area contributed by atoms with E-state index < -0.39 is 10.0 Å². The number of hydrogen-bond donors (Lipinski definition) is 1. The zero-order valence-corrected chi connectivity index (χ0v) is 16.3. The second-order valence-corrected chi connectivity index (χ2v) is 8.44. The number of unbranched alkanes of at least 4 members (excludes halogenated alkanes) is 1. The number of benzene rings is 1. The van der Waals surface area contributed by atoms with Crippen molar-refractivity contribution in [3.05, 3.63) is 18.2 Å². The van der Waals surface area contributed by atoms with E-state index >= 15 is 0 Å². The van der Waals surface area contributed by atoms with Crippen LogP contribution in [-0.4, -0.2) is 51.7 Å². The molecule has 0 spiro atoms. The molecule has 0 aromatic heterocycles. The number of amides is 1. The fourth-order valence-corrected chi connectivity index (χ4v) is 4.60. The first-order valence-electron chi connectivity index (χ1n) is 8.96. The Kier molecular flexibility index (Phi) is 7.71. The van der Waals surface area contributed by atoms with E-state index in [4.69, 9.17) is 9.47 Å². The van der Waals surface area contributed by atoms with Crippen LogP contribution in [0.25, 0.3) is 0 Å². The summed E-state index contributed by atoms with van der Waals surface area (Å²) in [6.45, 7) is 1.25. The van der Waals surface area contributed by atoms with Crippen LogP contribution in [0.5, 0.6) is 11.5 Å². The number of rotatable bonds is 9. The van der Waals surface area contributed by atoms with E-state index in [0.717, 1.165) is 19.3 Å². The van der Waals surface area contributed by atoms with Crippen LogP contribution in [0, 0.1) is 0 Å². The molecular weight excluding hydrogens is 356 g/mol. The average molecular weight is 384 g/mol. The number of ether oxygens (including phenoxy) is 2. The first-order chi connectivity index (χ1) is 12.5. The third-order valence-electron chi connectivity index (χ3n) is 4.45. The second kappa shape index (κ2) is 9.78. The molecule has 0 bridgehead atoms. The lowest BCUT2D eigenvalue weighted by atomic mass is 10.2. The number of piperidine rings is 1. The third kappa shape index (κ3) is 5.88. The minimum Gasteiger partial charge on any atom is -0.497 e. The summed E-state index contributed by atoms with van der Waals surface area (Å²) in [7, 11) is -0.107. The molecule has 0 unspecified atom stereocenters. The quantitative estimate of drug-likeness (QED) is 0.662. The fourth-order valence-electron chi connectivity index (χ4n) is 2.96. The molecule has 1 N–H and O–H groups in total. The van der Waals surface area contributed by atoms with Crippen molar-refractivity contribution in [1.82, 2.24) is 4.31 Å². The number of sulfonamides is 1. The molecule has 26 heavy (non-hydrogen) atoms. The Bertz CT molecular complexity index is 700. The van der Waals surface area contributed by atoms with Crippen LogP contribution < -0.4 is 14.8 Å². The van der Waals surface area contributed by atoms with Gasteiger partial charge < -0.3 is 14.8 Å². The average Bonchev–Trinajstić information content (AvgIpc) is 2.66. The minimum absolute atomic E-state index is 0.103. The standard InChI is InChI=1S/C18H28N2O5S/c1-24-15-9-10-16(17(14-15)25-2)19-18(21)8-4-7-13-26(22,23)20-11-5-3-6-12-20/h9-10,14H,3-8,11-13H2,1-2H3,(H,19,21). The predicted octanol–water partition coefficient (Wildman–Crippen LogP) is 2.63. The molecule has 1 aliphatic rings. The molecule has 1 heterocycles. The van der Waals surface area contributed by atoms with E-state index in [1.165, 1.54) is 7.11 Å². The molecule has 0 aliphatic carbocycles. The fraction of sp³-hybridized carbons (Fsp3) is 0.611. The molecule has 1 aromatic carbocycles. The zero-order chi connectivity index (χ0) is 19.0. The summed E-state index contributed by atoms with van der Waals surface area (Å²) in [5, 5.41) is 2.79. The summed E-state index contributed by atoms with van der Waals surface area (Å²) in [4.78, 5) is 12.1. The monoisotopic (exact) mass is 384 g/mol. The lowest BCUT2D eigenvalue weighted by Crippen LogP contribution is -2.37. The van der Waals surface area contributed by atoms with Crippen molar-refractivity contribution < 1.29 is 22.7 Å². The summed E-state index contributed by atoms with van der Waals surface area (Å²) in [5.74, 6) is 1.10. The highest BCUT2D eigenvalue weighted by molar-refractivity contribution is 7.89. The van der Waals surface area contributed by atoms with Gasteiger partial charge in [0.1, 0.15) is 11.5 Å². The maximum atomic E-state index is 12.3. The number of methoxy groups -OCH3 is 2. The minimum atomic E-state index is -3.19. The summed E-state index contributed by atoms with van der Waals surface area (Å²) < 4.78 is 36.5. The summed E-state index contributed by atoms with van der Waals surface area (Å²) in [6.07, 6.45) is 4.24. The molecule has 1 saturated heterocycles. The van der Waals surface area contributed by atoms with Crippen LogP contribution in [0.2, 0.25) is 0 Å². The molecule has 0 saturated carbocycles. The number of carbonyl (C=O) groups is 1. The van der Waals surface area contributed by atoms with Gasteiger partial charge in [-0.1, -0.05) is 6.42 Å². The summed E-state index contributed by atoms with van der Waals surface area (Å²) in [6, 6.07) is 5.15. The van der Waals surface area contributed by atoms with Crippen LogP contribution in [-0.2, 0) is 14.8 Å². The number of anilines is 1. The van der Waals surface area contributed by atoms with Crippen molar-refractivity contribution in [2.75, 3.05) is 38.4 Å². The Morgan fingerprint density at radius 1 is 1.12 bits per heavy atom. The Morgan fingerprint density at radius 2 is 1.85 bits per heavy atom. The van der Waals surface area contributed by atoms with E-state index in [0.29, 0.717) is 43.1 Å². The summed E-state index contributed by atoms with van der Waals surface area (Å²) in [5.41, 5.74) is 0.569. The van der Waals surface area contributed by atoms with E-state index in [-0.39, 0.29) is 18.1 Å². The van der Waals surface area contributed by atoms with Gasteiger partial charge in [-0.05, 0) is 37.8 Å². The van der Waals surface area contributed by atoms with Gasteiger partial charge in [0, 0.05) is 25.6 Å². The molecule has 2 rings (SSSR count). The first-order valence-corrected chi connectivity index (χ1v) is 10.6. The van der Waals surface area contributed by atoms with Gasteiger partial charge in [-0.2, -0.15) is 0 Å². The number of carbonyl (C=O) groups excluding carboxylic acids is 1. The highest BCUT2D eigenvalue weighted by Crippen LogP contribution is 2.29. The van der Waals surface area contributed by atoms with Crippen LogP contribution in [0.1, 0.15) is 38.5 Å².